The largest absolute Gasteiger partial charge is 0.490 e. The van der Waals surface area contributed by atoms with Crippen molar-refractivity contribution in [1.29, 1.82) is 0 Å². The van der Waals surface area contributed by atoms with Crippen molar-refractivity contribution in [2.45, 2.75) is 13.0 Å². The Morgan fingerprint density at radius 3 is 2.63 bits per heavy atom. The number of hydrogen-bond acceptors (Lipinski definition) is 5. The van der Waals surface area contributed by atoms with Crippen molar-refractivity contribution in [2.75, 3.05) is 13.2 Å². The average molecular weight is 378 g/mol. The molecule has 0 amide bonds. The number of hydrogen-bond donors (Lipinski definition) is 1. The van der Waals surface area contributed by atoms with Gasteiger partial charge in [0.25, 0.3) is 0 Å². The van der Waals surface area contributed by atoms with Gasteiger partial charge in [-0.15, -0.1) is 0 Å². The lowest BCUT2D eigenvalue weighted by atomic mass is 10.1. The van der Waals surface area contributed by atoms with E-state index in [9.17, 15) is 5.11 Å². The van der Waals surface area contributed by atoms with Crippen LogP contribution in [0.2, 0.25) is 0 Å². The molecule has 0 aliphatic carbocycles. The molecular weight excluding hydrogens is 360 g/mol. The van der Waals surface area contributed by atoms with Gasteiger partial charge in [-0.2, -0.15) is 0 Å². The molecule has 4 aromatic rings. The molecule has 2 aromatic heterocycles. The number of aliphatic hydroxyl groups excluding tert-OH is 1. The van der Waals surface area contributed by atoms with E-state index in [1.54, 1.807) is 11.3 Å². The minimum atomic E-state index is -0.0874. The molecule has 3 heterocycles. The van der Waals surface area contributed by atoms with E-state index in [0.717, 1.165) is 50.3 Å². The fourth-order valence-corrected chi connectivity index (χ4v) is 4.33. The molecule has 136 valence electrons. The zero-order chi connectivity index (χ0) is 18.2. The molecule has 6 heteroatoms. The van der Waals surface area contributed by atoms with Gasteiger partial charge in [0.1, 0.15) is 0 Å². The maximum Gasteiger partial charge on any atom is 0.195 e. The normalized spacial score (nSPS) is 13.7. The second kappa shape index (κ2) is 6.72. The molecule has 0 spiro atoms. The highest BCUT2D eigenvalue weighted by Crippen LogP contribution is 2.37. The Balaban J connectivity index is 1.60. The van der Waals surface area contributed by atoms with Crippen LogP contribution in [-0.4, -0.2) is 27.7 Å². The summed E-state index contributed by atoms with van der Waals surface area (Å²) in [6.07, 6.45) is 2.91. The lowest BCUT2D eigenvalue weighted by molar-refractivity contribution is 0.276. The molecule has 0 radical (unpaired) electrons. The van der Waals surface area contributed by atoms with Crippen LogP contribution in [0.15, 0.2) is 54.7 Å². The average Bonchev–Trinajstić information content (AvgIpc) is 3.17. The highest BCUT2D eigenvalue weighted by Gasteiger charge is 2.19. The summed E-state index contributed by atoms with van der Waals surface area (Å²) in [7, 11) is 0. The van der Waals surface area contributed by atoms with Crippen molar-refractivity contribution in [3.8, 4) is 33.2 Å². The molecule has 5 nitrogen and oxygen atoms in total. The van der Waals surface area contributed by atoms with Crippen LogP contribution in [0.4, 0.5) is 0 Å². The first kappa shape index (κ1) is 16.4. The van der Waals surface area contributed by atoms with Crippen LogP contribution < -0.4 is 9.47 Å². The number of imidazole rings is 1. The van der Waals surface area contributed by atoms with Gasteiger partial charge >= 0.3 is 0 Å². The third-order valence-corrected chi connectivity index (χ3v) is 5.69. The molecule has 2 aromatic carbocycles. The summed E-state index contributed by atoms with van der Waals surface area (Å²) < 4.78 is 13.5. The fraction of sp³-hybridized carbons (Fsp3) is 0.190. The highest BCUT2D eigenvalue weighted by molar-refractivity contribution is 7.20. The van der Waals surface area contributed by atoms with Crippen LogP contribution >= 0.6 is 11.3 Å². The van der Waals surface area contributed by atoms with Gasteiger partial charge in [0.2, 0.25) is 0 Å². The van der Waals surface area contributed by atoms with Gasteiger partial charge in [-0.1, -0.05) is 41.7 Å². The van der Waals surface area contributed by atoms with Crippen LogP contribution in [-0.2, 0) is 6.61 Å². The minimum absolute atomic E-state index is 0.0874. The van der Waals surface area contributed by atoms with Crippen molar-refractivity contribution in [3.05, 3.63) is 60.4 Å². The van der Waals surface area contributed by atoms with E-state index in [1.807, 2.05) is 47.0 Å². The van der Waals surface area contributed by atoms with Gasteiger partial charge in [-0.05, 0) is 23.8 Å². The second-order valence-electron chi connectivity index (χ2n) is 6.39. The van der Waals surface area contributed by atoms with E-state index in [4.69, 9.17) is 14.5 Å². The quantitative estimate of drug-likeness (QED) is 0.575. The zero-order valence-corrected chi connectivity index (χ0v) is 15.4. The Bertz CT molecular complexity index is 1100. The van der Waals surface area contributed by atoms with Crippen LogP contribution in [0, 0.1) is 0 Å². The van der Waals surface area contributed by atoms with Crippen molar-refractivity contribution in [2.24, 2.45) is 0 Å². The van der Waals surface area contributed by atoms with Gasteiger partial charge in [0.05, 0.1) is 36.1 Å². The number of benzene rings is 2. The first-order valence-electron chi connectivity index (χ1n) is 8.90. The molecule has 0 saturated carbocycles. The number of aliphatic hydroxyl groups is 1. The molecule has 1 aliphatic heterocycles. The van der Waals surface area contributed by atoms with Gasteiger partial charge in [-0.3, -0.25) is 4.40 Å². The standard InChI is InChI=1S/C21H18N2O3S/c24-13-16-20(15-7-8-17-18(11-15)26-10-4-9-25-17)22-21-23(16)12-19(27-21)14-5-2-1-3-6-14/h1-3,5-8,11-12,24H,4,9-10,13H2. The number of nitrogens with zero attached hydrogens (tertiary/aromatic N) is 2. The Morgan fingerprint density at radius 2 is 1.81 bits per heavy atom. The monoisotopic (exact) mass is 378 g/mol. The number of ether oxygens (including phenoxy) is 2. The number of thiazole rings is 1. The summed E-state index contributed by atoms with van der Waals surface area (Å²) in [5, 5.41) is 10.0. The molecule has 0 fully saturated rings. The smallest absolute Gasteiger partial charge is 0.195 e. The van der Waals surface area contributed by atoms with Crippen LogP contribution in [0.5, 0.6) is 11.5 Å². The van der Waals surface area contributed by atoms with Crippen LogP contribution in [0.1, 0.15) is 12.1 Å². The van der Waals surface area contributed by atoms with Gasteiger partial charge in [0, 0.05) is 18.2 Å². The van der Waals surface area contributed by atoms with Crippen molar-refractivity contribution in [3.63, 3.8) is 0 Å². The van der Waals surface area contributed by atoms with E-state index in [2.05, 4.69) is 12.1 Å². The predicted molar refractivity (Wildman–Crippen MR) is 105 cm³/mol. The highest BCUT2D eigenvalue weighted by atomic mass is 32.1. The summed E-state index contributed by atoms with van der Waals surface area (Å²) in [4.78, 5) is 6.78. The van der Waals surface area contributed by atoms with Crippen LogP contribution in [0.25, 0.3) is 26.7 Å². The summed E-state index contributed by atoms with van der Waals surface area (Å²) in [5.74, 6) is 1.49. The van der Waals surface area contributed by atoms with E-state index in [1.165, 1.54) is 0 Å². The first-order valence-corrected chi connectivity index (χ1v) is 9.72. The van der Waals surface area contributed by atoms with Gasteiger partial charge in [0.15, 0.2) is 16.5 Å². The minimum Gasteiger partial charge on any atom is -0.490 e. The Hall–Kier alpha value is -2.83. The number of aromatic nitrogens is 2. The number of fused-ring (bicyclic) bond motifs is 2. The Kier molecular flexibility index (Phi) is 4.07. The predicted octanol–water partition coefficient (Wildman–Crippen LogP) is 4.38. The summed E-state index contributed by atoms with van der Waals surface area (Å²) >= 11 is 1.61. The SMILES string of the molecule is OCc1c(-c2ccc3c(c2)OCCCO3)nc2sc(-c3ccccc3)cn12. The van der Waals surface area contributed by atoms with Gasteiger partial charge < -0.3 is 14.6 Å². The lowest BCUT2D eigenvalue weighted by Gasteiger charge is -2.09. The van der Waals surface area contributed by atoms with E-state index in [0.29, 0.717) is 13.2 Å². The maximum atomic E-state index is 10.0. The fourth-order valence-electron chi connectivity index (χ4n) is 3.32. The Labute approximate surface area is 160 Å². The summed E-state index contributed by atoms with van der Waals surface area (Å²) in [6.45, 7) is 1.22. The first-order chi connectivity index (χ1) is 13.3. The molecule has 0 unspecified atom stereocenters. The van der Waals surface area contributed by atoms with Crippen LogP contribution in [0.3, 0.4) is 0 Å². The second-order valence-corrected chi connectivity index (χ2v) is 7.40. The molecule has 5 rings (SSSR count). The van der Waals surface area contributed by atoms with E-state index in [-0.39, 0.29) is 6.61 Å². The lowest BCUT2D eigenvalue weighted by Crippen LogP contribution is -1.97. The molecular formula is C21H18N2O3S. The number of rotatable bonds is 3. The summed E-state index contributed by atoms with van der Waals surface area (Å²) in [6, 6.07) is 16.0. The molecule has 0 bridgehead atoms. The third-order valence-electron chi connectivity index (χ3n) is 4.65. The third kappa shape index (κ3) is 2.87. The van der Waals surface area contributed by atoms with E-state index < -0.39 is 0 Å². The molecule has 0 saturated heterocycles. The molecule has 0 atom stereocenters. The molecule has 1 N–H and O–H groups in total. The molecule has 1 aliphatic rings. The topological polar surface area (TPSA) is 56.0 Å². The van der Waals surface area contributed by atoms with E-state index >= 15 is 0 Å². The van der Waals surface area contributed by atoms with Crippen molar-refractivity contribution < 1.29 is 14.6 Å². The van der Waals surface area contributed by atoms with Crippen molar-refractivity contribution in [1.82, 2.24) is 9.38 Å². The van der Waals surface area contributed by atoms with Crippen molar-refractivity contribution >= 4 is 16.3 Å². The van der Waals surface area contributed by atoms with Gasteiger partial charge in [-0.25, -0.2) is 4.98 Å². The maximum absolute atomic E-state index is 10.0. The summed E-state index contributed by atoms with van der Waals surface area (Å²) in [5.41, 5.74) is 3.62. The zero-order valence-electron chi connectivity index (χ0n) is 14.6. The Morgan fingerprint density at radius 1 is 1.00 bits per heavy atom. The molecule has 27 heavy (non-hydrogen) atoms.